The fourth-order valence-electron chi connectivity index (χ4n) is 4.64. The maximum atomic E-state index is 13.4. The van der Waals surface area contributed by atoms with Crippen LogP contribution in [0.5, 0.6) is 23.0 Å². The number of amides is 2. The molecule has 5 rings (SSSR count). The maximum absolute atomic E-state index is 13.4. The largest absolute Gasteiger partial charge is 0.496 e. The van der Waals surface area contributed by atoms with Gasteiger partial charge in [0, 0.05) is 37.4 Å². The van der Waals surface area contributed by atoms with Gasteiger partial charge in [0.1, 0.15) is 34.2 Å². The smallest absolute Gasteiger partial charge is 0.272 e. The number of rotatable bonds is 5. The lowest BCUT2D eigenvalue weighted by molar-refractivity contribution is -0.0247. The predicted octanol–water partition coefficient (Wildman–Crippen LogP) is 3.41. The third-order valence-electron chi connectivity index (χ3n) is 6.44. The van der Waals surface area contributed by atoms with Gasteiger partial charge in [-0.3, -0.25) is 9.59 Å². The summed E-state index contributed by atoms with van der Waals surface area (Å²) in [7, 11) is 3.13. The van der Waals surface area contributed by atoms with E-state index in [9.17, 15) is 9.59 Å². The number of nitrogens with zero attached hydrogens (tertiary/aromatic N) is 2. The van der Waals surface area contributed by atoms with Crippen LogP contribution in [-0.4, -0.2) is 61.3 Å². The Balaban J connectivity index is 1.35. The van der Waals surface area contributed by atoms with E-state index in [1.54, 1.807) is 49.5 Å². The molecule has 1 saturated heterocycles. The molecule has 9 heteroatoms. The van der Waals surface area contributed by atoms with Crippen LogP contribution in [0, 0.1) is 0 Å². The highest BCUT2D eigenvalue weighted by molar-refractivity contribution is 6.00. The number of likely N-dealkylation sites (tertiary alicyclic amines) is 1. The standard InChI is InChI=1S/C26H27N3O6/c1-4-34-16-8-9-20-18(14-16)24(30)28-26(35-20)10-12-29(13-11-26)25(31)19-15-22(33-3)17-6-5-7-21(32-2)23(17)27-19/h5-9,14-15H,4,10-13H2,1-3H3,(H,28,30). The molecule has 0 atom stereocenters. The average Bonchev–Trinajstić information content (AvgIpc) is 2.88. The number of benzene rings is 2. The summed E-state index contributed by atoms with van der Waals surface area (Å²) in [6.07, 6.45) is 0.899. The molecule has 0 unspecified atom stereocenters. The predicted molar refractivity (Wildman–Crippen MR) is 128 cm³/mol. The van der Waals surface area contributed by atoms with Crippen molar-refractivity contribution in [2.45, 2.75) is 25.5 Å². The highest BCUT2D eigenvalue weighted by atomic mass is 16.5. The van der Waals surface area contributed by atoms with Crippen molar-refractivity contribution < 1.29 is 28.5 Å². The van der Waals surface area contributed by atoms with Gasteiger partial charge in [-0.15, -0.1) is 0 Å². The molecule has 1 fully saturated rings. The minimum Gasteiger partial charge on any atom is -0.496 e. The summed E-state index contributed by atoms with van der Waals surface area (Å²) in [5.74, 6) is 1.84. The maximum Gasteiger partial charge on any atom is 0.272 e. The van der Waals surface area contributed by atoms with E-state index in [1.807, 2.05) is 19.1 Å². The first-order chi connectivity index (χ1) is 17.0. The fraction of sp³-hybridized carbons (Fsp3) is 0.346. The highest BCUT2D eigenvalue weighted by Crippen LogP contribution is 2.36. The number of para-hydroxylation sites is 1. The minimum absolute atomic E-state index is 0.208. The first-order valence-electron chi connectivity index (χ1n) is 11.6. The summed E-state index contributed by atoms with van der Waals surface area (Å²) < 4.78 is 22.7. The Morgan fingerprint density at radius 1 is 1.11 bits per heavy atom. The minimum atomic E-state index is -0.855. The topological polar surface area (TPSA) is 99.2 Å². The molecule has 2 aromatic carbocycles. The second-order valence-corrected chi connectivity index (χ2v) is 8.50. The first kappa shape index (κ1) is 22.8. The van der Waals surface area contributed by atoms with Gasteiger partial charge in [-0.1, -0.05) is 6.07 Å². The summed E-state index contributed by atoms with van der Waals surface area (Å²) in [5.41, 5.74) is 0.432. The van der Waals surface area contributed by atoms with Crippen LogP contribution in [0.2, 0.25) is 0 Å². The Labute approximate surface area is 202 Å². The highest BCUT2D eigenvalue weighted by Gasteiger charge is 2.43. The lowest BCUT2D eigenvalue weighted by atomic mass is 9.96. The van der Waals surface area contributed by atoms with Crippen LogP contribution in [0.1, 0.15) is 40.6 Å². The third kappa shape index (κ3) is 4.07. The first-order valence-corrected chi connectivity index (χ1v) is 11.6. The van der Waals surface area contributed by atoms with Crippen LogP contribution >= 0.6 is 0 Å². The molecule has 2 aliphatic rings. The van der Waals surface area contributed by atoms with E-state index >= 15 is 0 Å². The zero-order chi connectivity index (χ0) is 24.6. The molecule has 182 valence electrons. The Morgan fingerprint density at radius 2 is 1.89 bits per heavy atom. The number of aromatic nitrogens is 1. The SMILES string of the molecule is CCOc1ccc2c(c1)C(=O)NC1(CCN(C(=O)c3cc(OC)c4cccc(OC)c4n3)CC1)O2. The molecule has 0 aliphatic carbocycles. The molecule has 9 nitrogen and oxygen atoms in total. The Morgan fingerprint density at radius 3 is 2.60 bits per heavy atom. The number of nitrogens with one attached hydrogen (secondary N) is 1. The molecule has 3 aromatic rings. The van der Waals surface area contributed by atoms with Crippen molar-refractivity contribution >= 4 is 22.7 Å². The summed E-state index contributed by atoms with van der Waals surface area (Å²) in [6, 6.07) is 12.4. The van der Waals surface area contributed by atoms with Gasteiger partial charge in [-0.2, -0.15) is 0 Å². The summed E-state index contributed by atoms with van der Waals surface area (Å²) >= 11 is 0. The number of methoxy groups -OCH3 is 2. The molecule has 2 amide bonds. The van der Waals surface area contributed by atoms with Gasteiger partial charge in [0.25, 0.3) is 11.8 Å². The summed E-state index contributed by atoms with van der Waals surface area (Å²) in [4.78, 5) is 32.5. The monoisotopic (exact) mass is 477 g/mol. The second-order valence-electron chi connectivity index (χ2n) is 8.50. The van der Waals surface area contributed by atoms with E-state index in [2.05, 4.69) is 10.3 Å². The van der Waals surface area contributed by atoms with E-state index < -0.39 is 5.72 Å². The van der Waals surface area contributed by atoms with Crippen molar-refractivity contribution in [1.29, 1.82) is 0 Å². The normalized spacial score (nSPS) is 16.3. The molecule has 0 bridgehead atoms. The molecule has 3 heterocycles. The lowest BCUT2D eigenvalue weighted by Crippen LogP contribution is -2.61. The van der Waals surface area contributed by atoms with Crippen LogP contribution < -0.4 is 24.3 Å². The zero-order valence-corrected chi connectivity index (χ0v) is 19.9. The van der Waals surface area contributed by atoms with Gasteiger partial charge in [0.05, 0.1) is 26.4 Å². The summed E-state index contributed by atoms with van der Waals surface area (Å²) in [6.45, 7) is 3.21. The lowest BCUT2D eigenvalue weighted by Gasteiger charge is -2.44. The fourth-order valence-corrected chi connectivity index (χ4v) is 4.64. The quantitative estimate of drug-likeness (QED) is 0.601. The average molecular weight is 478 g/mol. The van der Waals surface area contributed by atoms with Crippen LogP contribution in [0.4, 0.5) is 0 Å². The molecule has 1 N–H and O–H groups in total. The summed E-state index contributed by atoms with van der Waals surface area (Å²) in [5, 5.41) is 3.78. The Kier molecular flexibility index (Phi) is 5.84. The van der Waals surface area contributed by atoms with Crippen LogP contribution in [0.15, 0.2) is 42.5 Å². The van der Waals surface area contributed by atoms with Gasteiger partial charge in [-0.05, 0) is 37.3 Å². The zero-order valence-electron chi connectivity index (χ0n) is 19.9. The Bertz CT molecular complexity index is 1300. The Hall–Kier alpha value is -4.01. The number of carbonyl (C=O) groups is 2. The van der Waals surface area contributed by atoms with E-state index in [4.69, 9.17) is 18.9 Å². The van der Waals surface area contributed by atoms with E-state index in [0.717, 1.165) is 5.39 Å². The van der Waals surface area contributed by atoms with Crippen molar-refractivity contribution in [2.24, 2.45) is 0 Å². The molecule has 0 saturated carbocycles. The number of piperidine rings is 1. The molecular weight excluding hydrogens is 450 g/mol. The van der Waals surface area contributed by atoms with Gasteiger partial charge >= 0.3 is 0 Å². The number of carbonyl (C=O) groups excluding carboxylic acids is 2. The van der Waals surface area contributed by atoms with Crippen LogP contribution in [0.25, 0.3) is 10.9 Å². The van der Waals surface area contributed by atoms with Gasteiger partial charge in [-0.25, -0.2) is 4.98 Å². The number of pyridine rings is 1. The van der Waals surface area contributed by atoms with Crippen molar-refractivity contribution in [3.05, 3.63) is 53.7 Å². The van der Waals surface area contributed by atoms with Crippen molar-refractivity contribution in [3.63, 3.8) is 0 Å². The van der Waals surface area contributed by atoms with Gasteiger partial charge in [0.15, 0.2) is 5.72 Å². The van der Waals surface area contributed by atoms with Crippen LogP contribution in [0.3, 0.4) is 0 Å². The molecule has 0 radical (unpaired) electrons. The van der Waals surface area contributed by atoms with Gasteiger partial charge < -0.3 is 29.2 Å². The van der Waals surface area contributed by atoms with Crippen molar-refractivity contribution in [3.8, 4) is 23.0 Å². The second kappa shape index (κ2) is 8.98. The molecule has 1 spiro atoms. The third-order valence-corrected chi connectivity index (χ3v) is 6.44. The number of fused-ring (bicyclic) bond motifs is 2. The van der Waals surface area contributed by atoms with Crippen molar-refractivity contribution in [1.82, 2.24) is 15.2 Å². The van der Waals surface area contributed by atoms with E-state index in [-0.39, 0.29) is 17.5 Å². The number of hydrogen-bond donors (Lipinski definition) is 1. The number of ether oxygens (including phenoxy) is 4. The van der Waals surface area contributed by atoms with E-state index in [0.29, 0.717) is 66.6 Å². The van der Waals surface area contributed by atoms with E-state index in [1.165, 1.54) is 0 Å². The van der Waals surface area contributed by atoms with Crippen molar-refractivity contribution in [2.75, 3.05) is 33.9 Å². The molecule has 1 aromatic heterocycles. The molecular formula is C26H27N3O6. The van der Waals surface area contributed by atoms with Gasteiger partial charge in [0.2, 0.25) is 0 Å². The number of hydrogen-bond acceptors (Lipinski definition) is 7. The molecule has 35 heavy (non-hydrogen) atoms. The molecule has 2 aliphatic heterocycles. The van der Waals surface area contributed by atoms with Crippen LogP contribution in [-0.2, 0) is 0 Å².